The molecule has 28 heavy (non-hydrogen) atoms. The van der Waals surface area contributed by atoms with Gasteiger partial charge in [-0.2, -0.15) is 0 Å². The van der Waals surface area contributed by atoms with Gasteiger partial charge in [0.15, 0.2) is 0 Å². The van der Waals surface area contributed by atoms with Crippen LogP contribution < -0.4 is 15.1 Å². The Kier molecular flexibility index (Phi) is 5.40. The third-order valence-corrected chi connectivity index (χ3v) is 6.03. The van der Waals surface area contributed by atoms with Crippen molar-refractivity contribution in [2.24, 2.45) is 11.8 Å². The minimum Gasteiger partial charge on any atom is -0.371 e. The minimum absolute atomic E-state index is 0.0169. The van der Waals surface area contributed by atoms with Gasteiger partial charge in [0.1, 0.15) is 0 Å². The SMILES string of the molecule is CC1CCN(c2ccc(NC(=O)C3CC(=O)N(c4cccc(Br)c4)C3)cc2)C1. The molecule has 2 unspecified atom stereocenters. The molecule has 0 bridgehead atoms. The first kappa shape index (κ1) is 19.0. The predicted octanol–water partition coefficient (Wildman–Crippen LogP) is 4.29. The van der Waals surface area contributed by atoms with Crippen LogP contribution in [-0.4, -0.2) is 31.4 Å². The number of rotatable bonds is 4. The molecule has 2 aliphatic rings. The summed E-state index contributed by atoms with van der Waals surface area (Å²) >= 11 is 3.43. The van der Waals surface area contributed by atoms with Crippen molar-refractivity contribution in [1.82, 2.24) is 0 Å². The fraction of sp³-hybridized carbons (Fsp3) is 0.364. The van der Waals surface area contributed by atoms with Crippen LogP contribution >= 0.6 is 15.9 Å². The van der Waals surface area contributed by atoms with Gasteiger partial charge in [0, 0.05) is 47.6 Å². The molecule has 2 atom stereocenters. The van der Waals surface area contributed by atoms with Gasteiger partial charge in [0.2, 0.25) is 11.8 Å². The van der Waals surface area contributed by atoms with Crippen LogP contribution in [0, 0.1) is 11.8 Å². The van der Waals surface area contributed by atoms with Crippen LogP contribution in [0.4, 0.5) is 17.1 Å². The van der Waals surface area contributed by atoms with E-state index in [1.54, 1.807) is 4.90 Å². The molecular formula is C22H24BrN3O2. The normalized spacial score (nSPS) is 22.0. The molecular weight excluding hydrogens is 418 g/mol. The molecule has 6 heteroatoms. The summed E-state index contributed by atoms with van der Waals surface area (Å²) in [6.07, 6.45) is 1.46. The van der Waals surface area contributed by atoms with Gasteiger partial charge >= 0.3 is 0 Å². The number of benzene rings is 2. The first-order valence-corrected chi connectivity index (χ1v) is 10.5. The molecule has 4 rings (SSSR count). The van der Waals surface area contributed by atoms with Crippen molar-refractivity contribution in [3.05, 3.63) is 53.0 Å². The molecule has 2 aromatic rings. The average molecular weight is 442 g/mol. The molecule has 5 nitrogen and oxygen atoms in total. The summed E-state index contributed by atoms with van der Waals surface area (Å²) in [5.41, 5.74) is 2.78. The molecule has 2 aromatic carbocycles. The maximum Gasteiger partial charge on any atom is 0.229 e. The Hall–Kier alpha value is -2.34. The molecule has 0 aliphatic carbocycles. The van der Waals surface area contributed by atoms with Gasteiger partial charge in [0.25, 0.3) is 0 Å². The van der Waals surface area contributed by atoms with E-state index in [4.69, 9.17) is 0 Å². The van der Waals surface area contributed by atoms with Crippen molar-refractivity contribution >= 4 is 44.8 Å². The lowest BCUT2D eigenvalue weighted by Crippen LogP contribution is -2.28. The van der Waals surface area contributed by atoms with E-state index in [0.717, 1.165) is 34.9 Å². The zero-order valence-corrected chi connectivity index (χ0v) is 17.5. The summed E-state index contributed by atoms with van der Waals surface area (Å²) in [6.45, 7) is 4.85. The average Bonchev–Trinajstić information content (AvgIpc) is 3.28. The van der Waals surface area contributed by atoms with Crippen molar-refractivity contribution in [1.29, 1.82) is 0 Å². The summed E-state index contributed by atoms with van der Waals surface area (Å²) in [6, 6.07) is 15.6. The van der Waals surface area contributed by atoms with Gasteiger partial charge in [0.05, 0.1) is 5.92 Å². The van der Waals surface area contributed by atoms with Crippen LogP contribution in [0.2, 0.25) is 0 Å². The molecule has 0 aromatic heterocycles. The van der Waals surface area contributed by atoms with Gasteiger partial charge in [-0.25, -0.2) is 0 Å². The molecule has 2 aliphatic heterocycles. The Morgan fingerprint density at radius 2 is 1.89 bits per heavy atom. The fourth-order valence-electron chi connectivity index (χ4n) is 3.95. The number of amides is 2. The number of nitrogens with one attached hydrogen (secondary N) is 1. The highest BCUT2D eigenvalue weighted by Crippen LogP contribution is 2.29. The molecule has 2 amide bonds. The second-order valence-corrected chi connectivity index (χ2v) is 8.68. The zero-order valence-electron chi connectivity index (χ0n) is 15.9. The Balaban J connectivity index is 1.38. The number of hydrogen-bond acceptors (Lipinski definition) is 3. The molecule has 1 N–H and O–H groups in total. The van der Waals surface area contributed by atoms with Crippen LogP contribution in [0.15, 0.2) is 53.0 Å². The second-order valence-electron chi connectivity index (χ2n) is 7.76. The fourth-order valence-corrected chi connectivity index (χ4v) is 4.33. The molecule has 0 radical (unpaired) electrons. The van der Waals surface area contributed by atoms with Crippen molar-refractivity contribution < 1.29 is 9.59 Å². The van der Waals surface area contributed by atoms with Gasteiger partial charge in [-0.3, -0.25) is 9.59 Å². The van der Waals surface area contributed by atoms with Crippen LogP contribution in [0.1, 0.15) is 19.8 Å². The summed E-state index contributed by atoms with van der Waals surface area (Å²) in [5.74, 6) is 0.267. The lowest BCUT2D eigenvalue weighted by molar-refractivity contribution is -0.122. The molecule has 146 valence electrons. The van der Waals surface area contributed by atoms with E-state index < -0.39 is 0 Å². The number of nitrogens with zero attached hydrogens (tertiary/aromatic N) is 2. The molecule has 0 spiro atoms. The number of carbonyl (C=O) groups is 2. The van der Waals surface area contributed by atoms with E-state index in [1.807, 2.05) is 36.4 Å². The lowest BCUT2D eigenvalue weighted by atomic mass is 10.1. The number of anilines is 3. The van der Waals surface area contributed by atoms with Gasteiger partial charge < -0.3 is 15.1 Å². The van der Waals surface area contributed by atoms with Gasteiger partial charge in [-0.05, 0) is 54.8 Å². The third kappa shape index (κ3) is 4.07. The highest BCUT2D eigenvalue weighted by Gasteiger charge is 2.35. The molecule has 2 heterocycles. The molecule has 2 fully saturated rings. The monoisotopic (exact) mass is 441 g/mol. The zero-order chi connectivity index (χ0) is 19.7. The van der Waals surface area contributed by atoms with Crippen LogP contribution in [0.25, 0.3) is 0 Å². The highest BCUT2D eigenvalue weighted by atomic mass is 79.9. The van der Waals surface area contributed by atoms with Crippen molar-refractivity contribution in [2.75, 3.05) is 34.8 Å². The van der Waals surface area contributed by atoms with Gasteiger partial charge in [-0.1, -0.05) is 28.9 Å². The van der Waals surface area contributed by atoms with Crippen molar-refractivity contribution in [3.8, 4) is 0 Å². The summed E-state index contributed by atoms with van der Waals surface area (Å²) in [7, 11) is 0. The van der Waals surface area contributed by atoms with Crippen LogP contribution in [0.3, 0.4) is 0 Å². The maximum absolute atomic E-state index is 12.7. The largest absolute Gasteiger partial charge is 0.371 e. The second kappa shape index (κ2) is 7.95. The van der Waals surface area contributed by atoms with Crippen LogP contribution in [-0.2, 0) is 9.59 Å². The Labute approximate surface area is 173 Å². The van der Waals surface area contributed by atoms with Crippen molar-refractivity contribution in [2.45, 2.75) is 19.8 Å². The van der Waals surface area contributed by atoms with E-state index in [0.29, 0.717) is 6.54 Å². The minimum atomic E-state index is -0.342. The first-order valence-electron chi connectivity index (χ1n) is 9.71. The van der Waals surface area contributed by atoms with E-state index in [-0.39, 0.29) is 24.2 Å². The standard InChI is InChI=1S/C22H24BrN3O2/c1-15-9-10-25(13-15)19-7-5-18(6-8-19)24-22(28)16-11-21(27)26(14-16)20-4-2-3-17(23)12-20/h2-8,12,15-16H,9-11,13-14H2,1H3,(H,24,28). The Morgan fingerprint density at radius 1 is 1.11 bits per heavy atom. The summed E-state index contributed by atoms with van der Waals surface area (Å²) < 4.78 is 0.915. The third-order valence-electron chi connectivity index (χ3n) is 5.54. The summed E-state index contributed by atoms with van der Waals surface area (Å²) in [4.78, 5) is 29.1. The Morgan fingerprint density at radius 3 is 2.57 bits per heavy atom. The van der Waals surface area contributed by atoms with E-state index in [2.05, 4.69) is 45.2 Å². The Bertz CT molecular complexity index is 884. The maximum atomic E-state index is 12.7. The van der Waals surface area contributed by atoms with Crippen molar-refractivity contribution in [3.63, 3.8) is 0 Å². The lowest BCUT2D eigenvalue weighted by Gasteiger charge is -2.19. The first-order chi connectivity index (χ1) is 13.5. The highest BCUT2D eigenvalue weighted by molar-refractivity contribution is 9.10. The topological polar surface area (TPSA) is 52.7 Å². The number of carbonyl (C=O) groups excluding carboxylic acids is 2. The van der Waals surface area contributed by atoms with Crippen LogP contribution in [0.5, 0.6) is 0 Å². The molecule has 0 saturated carbocycles. The predicted molar refractivity (Wildman–Crippen MR) is 116 cm³/mol. The van der Waals surface area contributed by atoms with E-state index in [9.17, 15) is 9.59 Å². The summed E-state index contributed by atoms with van der Waals surface area (Å²) in [5, 5.41) is 2.97. The van der Waals surface area contributed by atoms with Gasteiger partial charge in [-0.15, -0.1) is 0 Å². The number of halogens is 1. The van der Waals surface area contributed by atoms with E-state index in [1.165, 1.54) is 12.1 Å². The van der Waals surface area contributed by atoms with E-state index >= 15 is 0 Å². The molecule has 2 saturated heterocycles. The smallest absolute Gasteiger partial charge is 0.229 e. The number of hydrogen-bond donors (Lipinski definition) is 1. The quantitative estimate of drug-likeness (QED) is 0.769.